The van der Waals surface area contributed by atoms with Crippen LogP contribution < -0.4 is 0 Å². The molecule has 6 heteroatoms. The highest BCUT2D eigenvalue weighted by atomic mass is 16.9. The number of carboxylic acids is 1. The van der Waals surface area contributed by atoms with Crippen LogP contribution in [0.5, 0.6) is 0 Å². The van der Waals surface area contributed by atoms with Crippen LogP contribution in [0.1, 0.15) is 19.8 Å². The van der Waals surface area contributed by atoms with E-state index in [2.05, 4.69) is 0 Å². The summed E-state index contributed by atoms with van der Waals surface area (Å²) in [4.78, 5) is 21.2. The molecule has 0 fully saturated rings. The van der Waals surface area contributed by atoms with Gasteiger partial charge in [0.1, 0.15) is 0 Å². The van der Waals surface area contributed by atoms with Crippen LogP contribution in [0.2, 0.25) is 0 Å². The van der Waals surface area contributed by atoms with Crippen LogP contribution >= 0.6 is 0 Å². The van der Waals surface area contributed by atoms with Gasteiger partial charge in [0.15, 0.2) is 0 Å². The topological polar surface area (TPSA) is 82.1 Å². The van der Waals surface area contributed by atoms with Crippen LogP contribution in [0.15, 0.2) is 0 Å². The van der Waals surface area contributed by atoms with Crippen molar-refractivity contribution in [2.24, 2.45) is 0 Å². The first kappa shape index (κ1) is 12.9. The molecule has 0 saturated carbocycles. The standard InChI is InChI=1S/C8H14O6/c1-8(12-2,13-3)14-7(11)5-4-6(9)10/h4-5H2,1-3H3,(H,9,10). The average molecular weight is 206 g/mol. The normalized spacial score (nSPS) is 11.1. The molecular weight excluding hydrogens is 192 g/mol. The van der Waals surface area contributed by atoms with Crippen LogP contribution in [-0.2, 0) is 23.8 Å². The van der Waals surface area contributed by atoms with Crippen molar-refractivity contribution >= 4 is 11.9 Å². The van der Waals surface area contributed by atoms with Crippen molar-refractivity contribution in [3.05, 3.63) is 0 Å². The van der Waals surface area contributed by atoms with Crippen LogP contribution in [-0.4, -0.2) is 37.2 Å². The number of carbonyl (C=O) groups excluding carboxylic acids is 1. The van der Waals surface area contributed by atoms with Crippen LogP contribution in [0.25, 0.3) is 0 Å². The fourth-order valence-corrected chi connectivity index (χ4v) is 0.633. The number of carbonyl (C=O) groups is 2. The first-order chi connectivity index (χ1) is 6.43. The number of esters is 1. The number of aliphatic carboxylic acids is 1. The molecule has 82 valence electrons. The third-order valence-electron chi connectivity index (χ3n) is 1.58. The Morgan fingerprint density at radius 3 is 2.07 bits per heavy atom. The summed E-state index contributed by atoms with van der Waals surface area (Å²) in [7, 11) is 2.63. The van der Waals surface area contributed by atoms with Crippen molar-refractivity contribution in [1.82, 2.24) is 0 Å². The molecule has 0 amide bonds. The maximum atomic E-state index is 11.0. The molecule has 1 N–H and O–H groups in total. The van der Waals surface area contributed by atoms with Gasteiger partial charge in [-0.3, -0.25) is 9.59 Å². The molecule has 6 nitrogen and oxygen atoms in total. The maximum absolute atomic E-state index is 11.0. The van der Waals surface area contributed by atoms with E-state index in [9.17, 15) is 9.59 Å². The van der Waals surface area contributed by atoms with E-state index in [-0.39, 0.29) is 12.8 Å². The lowest BCUT2D eigenvalue weighted by Crippen LogP contribution is -2.35. The lowest BCUT2D eigenvalue weighted by atomic mass is 10.3. The first-order valence-corrected chi connectivity index (χ1v) is 3.97. The molecule has 0 unspecified atom stereocenters. The fourth-order valence-electron chi connectivity index (χ4n) is 0.633. The average Bonchev–Trinajstić information content (AvgIpc) is 2.14. The van der Waals surface area contributed by atoms with Gasteiger partial charge >= 0.3 is 17.9 Å². The lowest BCUT2D eigenvalue weighted by Gasteiger charge is -2.25. The van der Waals surface area contributed by atoms with Crippen molar-refractivity contribution < 1.29 is 28.9 Å². The second-order valence-corrected chi connectivity index (χ2v) is 2.64. The van der Waals surface area contributed by atoms with Crippen LogP contribution in [0, 0.1) is 0 Å². The quantitative estimate of drug-likeness (QED) is 0.499. The van der Waals surface area contributed by atoms with Gasteiger partial charge in [-0.05, 0) is 0 Å². The summed E-state index contributed by atoms with van der Waals surface area (Å²) in [5.74, 6) is -3.19. The molecule has 0 aromatic heterocycles. The van der Waals surface area contributed by atoms with Crippen molar-refractivity contribution in [2.75, 3.05) is 14.2 Å². The van der Waals surface area contributed by atoms with Crippen molar-refractivity contribution in [3.63, 3.8) is 0 Å². The van der Waals surface area contributed by atoms with Crippen LogP contribution in [0.3, 0.4) is 0 Å². The lowest BCUT2D eigenvalue weighted by molar-refractivity contribution is -0.332. The van der Waals surface area contributed by atoms with Gasteiger partial charge in [0.25, 0.3) is 0 Å². The van der Waals surface area contributed by atoms with E-state index in [1.165, 1.54) is 21.1 Å². The van der Waals surface area contributed by atoms with Gasteiger partial charge in [-0.15, -0.1) is 0 Å². The highest BCUT2D eigenvalue weighted by molar-refractivity contribution is 5.76. The Balaban J connectivity index is 3.97. The number of hydrogen-bond acceptors (Lipinski definition) is 5. The molecular formula is C8H14O6. The molecule has 0 heterocycles. The number of rotatable bonds is 6. The second-order valence-electron chi connectivity index (χ2n) is 2.64. The number of hydrogen-bond donors (Lipinski definition) is 1. The van der Waals surface area contributed by atoms with Gasteiger partial charge in [-0.25, -0.2) is 0 Å². The van der Waals surface area contributed by atoms with Gasteiger partial charge in [-0.1, -0.05) is 0 Å². The predicted octanol–water partition coefficient (Wildman–Crippen LogP) is 0.361. The second kappa shape index (κ2) is 5.56. The minimum Gasteiger partial charge on any atom is -0.481 e. The van der Waals surface area contributed by atoms with E-state index in [4.69, 9.17) is 19.3 Å². The Bertz CT molecular complexity index is 208. The number of carboxylic acid groups (broad SMARTS) is 1. The summed E-state index contributed by atoms with van der Waals surface area (Å²) < 4.78 is 14.2. The molecule has 0 rings (SSSR count). The summed E-state index contributed by atoms with van der Waals surface area (Å²) in [5.41, 5.74) is 0. The highest BCUT2D eigenvalue weighted by Crippen LogP contribution is 2.13. The summed E-state index contributed by atoms with van der Waals surface area (Å²) >= 11 is 0. The molecule has 0 spiro atoms. The van der Waals surface area contributed by atoms with E-state index >= 15 is 0 Å². The molecule has 0 aliphatic heterocycles. The maximum Gasteiger partial charge on any atom is 0.325 e. The molecule has 0 atom stereocenters. The molecule has 0 aromatic rings. The third kappa shape index (κ3) is 4.78. The Hall–Kier alpha value is -1.14. The van der Waals surface area contributed by atoms with Gasteiger partial charge in [0, 0.05) is 21.1 Å². The number of ether oxygens (including phenoxy) is 3. The van der Waals surface area contributed by atoms with Crippen molar-refractivity contribution in [2.45, 2.75) is 25.7 Å². The van der Waals surface area contributed by atoms with Crippen molar-refractivity contribution in [1.29, 1.82) is 0 Å². The minimum atomic E-state index is -1.45. The van der Waals surface area contributed by atoms with E-state index in [0.29, 0.717) is 0 Å². The van der Waals surface area contributed by atoms with Gasteiger partial charge in [-0.2, -0.15) is 0 Å². The van der Waals surface area contributed by atoms with Crippen LogP contribution in [0.4, 0.5) is 0 Å². The molecule has 0 bridgehead atoms. The molecule has 0 aliphatic rings. The van der Waals surface area contributed by atoms with Crippen molar-refractivity contribution in [3.8, 4) is 0 Å². The zero-order valence-electron chi connectivity index (χ0n) is 8.40. The first-order valence-electron chi connectivity index (χ1n) is 3.97. The summed E-state index contributed by atoms with van der Waals surface area (Å²) in [5, 5.41) is 8.30. The summed E-state index contributed by atoms with van der Waals surface area (Å²) in [6.07, 6.45) is -0.486. The molecule has 14 heavy (non-hydrogen) atoms. The minimum absolute atomic E-state index is 0.211. The summed E-state index contributed by atoms with van der Waals surface area (Å²) in [6.45, 7) is 1.41. The fraction of sp³-hybridized carbons (Fsp3) is 0.750. The highest BCUT2D eigenvalue weighted by Gasteiger charge is 2.27. The van der Waals surface area contributed by atoms with E-state index in [1.807, 2.05) is 0 Å². The molecule has 0 aromatic carbocycles. The summed E-state index contributed by atoms with van der Waals surface area (Å²) in [6, 6.07) is 0. The van der Waals surface area contributed by atoms with Gasteiger partial charge < -0.3 is 19.3 Å². The predicted molar refractivity (Wildman–Crippen MR) is 45.4 cm³/mol. The SMILES string of the molecule is COC(C)(OC)OC(=O)CCC(=O)O. The Labute approximate surface area is 81.8 Å². The Kier molecular flexibility index (Phi) is 5.11. The van der Waals surface area contributed by atoms with E-state index in [0.717, 1.165) is 0 Å². The Morgan fingerprint density at radius 2 is 1.71 bits per heavy atom. The zero-order valence-corrected chi connectivity index (χ0v) is 8.40. The molecule has 0 aliphatic carbocycles. The zero-order chi connectivity index (χ0) is 11.2. The van der Waals surface area contributed by atoms with Gasteiger partial charge in [0.2, 0.25) is 0 Å². The number of methoxy groups -OCH3 is 2. The van der Waals surface area contributed by atoms with Gasteiger partial charge in [0.05, 0.1) is 12.8 Å². The third-order valence-corrected chi connectivity index (χ3v) is 1.58. The molecule has 0 radical (unpaired) electrons. The smallest absolute Gasteiger partial charge is 0.325 e. The monoisotopic (exact) mass is 206 g/mol. The molecule has 0 saturated heterocycles. The van der Waals surface area contributed by atoms with E-state index < -0.39 is 17.9 Å². The van der Waals surface area contributed by atoms with E-state index in [1.54, 1.807) is 0 Å². The largest absolute Gasteiger partial charge is 0.481 e. The Morgan fingerprint density at radius 1 is 1.21 bits per heavy atom.